The summed E-state index contributed by atoms with van der Waals surface area (Å²) in [6, 6.07) is 5.64. The minimum absolute atomic E-state index is 0. The zero-order valence-electron chi connectivity index (χ0n) is 16.2. The minimum Gasteiger partial charge on any atom is -0.496 e. The van der Waals surface area contributed by atoms with Gasteiger partial charge < -0.3 is 10.1 Å². The molecule has 130 valence electrons. The first-order valence-electron chi connectivity index (χ1n) is 9.39. The van der Waals surface area contributed by atoms with Crippen molar-refractivity contribution in [2.24, 2.45) is 11.8 Å². The molecule has 6 heteroatoms. The van der Waals surface area contributed by atoms with Crippen LogP contribution in [0.5, 0.6) is 5.75 Å². The molecule has 0 spiro atoms. The van der Waals surface area contributed by atoms with Crippen LogP contribution in [0.25, 0.3) is 0 Å². The predicted octanol–water partition coefficient (Wildman–Crippen LogP) is 2.90. The summed E-state index contributed by atoms with van der Waals surface area (Å²) in [7, 11) is -5.33. The Labute approximate surface area is 149 Å². The lowest BCUT2D eigenvalue weighted by molar-refractivity contribution is 0.279. The normalized spacial score (nSPS) is 29.9. The van der Waals surface area contributed by atoms with Crippen LogP contribution in [-0.2, 0) is 9.84 Å². The lowest BCUT2D eigenvalue weighted by Gasteiger charge is -2.32. The van der Waals surface area contributed by atoms with Crippen molar-refractivity contribution in [3.8, 4) is 5.75 Å². The van der Waals surface area contributed by atoms with E-state index in [9.17, 15) is 8.42 Å². The number of halogens is 1. The van der Waals surface area contributed by atoms with Crippen LogP contribution in [-0.4, -0.2) is 33.5 Å². The van der Waals surface area contributed by atoms with Gasteiger partial charge in [-0.2, -0.15) is 0 Å². The molecular weight excluding hydrogens is 334 g/mol. The van der Waals surface area contributed by atoms with E-state index in [1.165, 1.54) is 0 Å². The Kier molecular flexibility index (Phi) is 4.69. The summed E-state index contributed by atoms with van der Waals surface area (Å²) in [4.78, 5) is 0. The van der Waals surface area contributed by atoms with Crippen molar-refractivity contribution >= 4 is 22.2 Å². The van der Waals surface area contributed by atoms with Crippen LogP contribution in [0.2, 0.25) is 0 Å². The molecule has 2 aliphatic rings. The number of sulfone groups is 1. The molecule has 1 aromatic rings. The van der Waals surface area contributed by atoms with Crippen molar-refractivity contribution in [2.75, 3.05) is 25.1 Å². The lowest BCUT2D eigenvalue weighted by atomic mass is 9.79. The topological polar surface area (TPSA) is 55.4 Å². The lowest BCUT2D eigenvalue weighted by Crippen LogP contribution is -2.31. The number of hydrogen-bond acceptors (Lipinski definition) is 4. The Morgan fingerprint density at radius 1 is 1.26 bits per heavy atom. The molecule has 4 nitrogen and oxygen atoms in total. The highest BCUT2D eigenvalue weighted by molar-refractivity contribution is 7.91. The van der Waals surface area contributed by atoms with Gasteiger partial charge in [-0.1, -0.05) is 12.1 Å². The second kappa shape index (κ2) is 7.41. The van der Waals surface area contributed by atoms with E-state index in [1.807, 2.05) is 19.1 Å². The van der Waals surface area contributed by atoms with Gasteiger partial charge in [0.25, 0.3) is 0 Å². The molecule has 0 amide bonds. The SMILES string of the molecule is Cl.[2H]C([2H])([2H])Oc1cccc([C@H]2NCCC2C2CCS(=O)(=O)CC2)c1C. The summed E-state index contributed by atoms with van der Waals surface area (Å²) in [6.45, 7) is 2.78. The Morgan fingerprint density at radius 3 is 2.70 bits per heavy atom. The molecule has 0 aliphatic carbocycles. The van der Waals surface area contributed by atoms with Crippen molar-refractivity contribution in [2.45, 2.75) is 32.2 Å². The van der Waals surface area contributed by atoms with Gasteiger partial charge in [0.2, 0.25) is 0 Å². The second-order valence-electron chi connectivity index (χ2n) is 6.45. The van der Waals surface area contributed by atoms with Crippen molar-refractivity contribution in [1.82, 2.24) is 5.32 Å². The van der Waals surface area contributed by atoms with Crippen LogP contribution in [0, 0.1) is 18.8 Å². The fourth-order valence-corrected chi connectivity index (χ4v) is 5.52. The highest BCUT2D eigenvalue weighted by Crippen LogP contribution is 2.42. The maximum atomic E-state index is 11.7. The molecule has 1 unspecified atom stereocenters. The molecule has 23 heavy (non-hydrogen) atoms. The number of methoxy groups -OCH3 is 1. The monoisotopic (exact) mass is 362 g/mol. The summed E-state index contributed by atoms with van der Waals surface area (Å²) in [6.07, 6.45) is 2.45. The third-order valence-corrected chi connectivity index (χ3v) is 6.96. The van der Waals surface area contributed by atoms with Crippen molar-refractivity contribution in [3.05, 3.63) is 29.3 Å². The number of rotatable bonds is 3. The zero-order valence-corrected chi connectivity index (χ0v) is 14.9. The van der Waals surface area contributed by atoms with Crippen LogP contribution in [0.4, 0.5) is 0 Å². The van der Waals surface area contributed by atoms with Crippen LogP contribution in [0.15, 0.2) is 18.2 Å². The molecule has 2 heterocycles. The van der Waals surface area contributed by atoms with Crippen LogP contribution in [0.3, 0.4) is 0 Å². The van der Waals surface area contributed by atoms with Gasteiger partial charge in [-0.3, -0.25) is 0 Å². The third kappa shape index (κ3) is 3.83. The Balaban J connectivity index is 0.00000243. The molecule has 2 saturated heterocycles. The van der Waals surface area contributed by atoms with Gasteiger partial charge in [0, 0.05) is 6.04 Å². The fourth-order valence-electron chi connectivity index (χ4n) is 3.99. The molecule has 0 bridgehead atoms. The van der Waals surface area contributed by atoms with E-state index >= 15 is 0 Å². The molecule has 3 rings (SSSR count). The first-order chi connectivity index (χ1) is 11.7. The van der Waals surface area contributed by atoms with E-state index in [0.717, 1.165) is 36.9 Å². The molecule has 2 aliphatic heterocycles. The van der Waals surface area contributed by atoms with Crippen LogP contribution in [0.1, 0.15) is 40.5 Å². The van der Waals surface area contributed by atoms with Gasteiger partial charge in [-0.25, -0.2) is 8.42 Å². The molecule has 1 N–H and O–H groups in total. The number of hydrogen-bond donors (Lipinski definition) is 1. The Bertz CT molecular complexity index is 725. The van der Waals surface area contributed by atoms with Crippen molar-refractivity contribution in [1.29, 1.82) is 0 Å². The second-order valence-corrected chi connectivity index (χ2v) is 8.75. The van der Waals surface area contributed by atoms with Crippen molar-refractivity contribution < 1.29 is 17.3 Å². The van der Waals surface area contributed by atoms with Gasteiger partial charge in [0.05, 0.1) is 22.7 Å². The zero-order chi connectivity index (χ0) is 18.2. The van der Waals surface area contributed by atoms with Crippen molar-refractivity contribution in [3.63, 3.8) is 0 Å². The summed E-state index contributed by atoms with van der Waals surface area (Å²) < 4.78 is 50.5. The van der Waals surface area contributed by atoms with Gasteiger partial charge in [0.15, 0.2) is 0 Å². The summed E-state index contributed by atoms with van der Waals surface area (Å²) in [5.74, 6) is 1.70. The van der Waals surface area contributed by atoms with E-state index in [1.54, 1.807) is 6.07 Å². The molecule has 0 aromatic heterocycles. The molecule has 1 aromatic carbocycles. The highest BCUT2D eigenvalue weighted by Gasteiger charge is 2.38. The Morgan fingerprint density at radius 2 is 2.00 bits per heavy atom. The van der Waals surface area contributed by atoms with Crippen LogP contribution >= 0.6 is 12.4 Å². The first kappa shape index (κ1) is 14.6. The predicted molar refractivity (Wildman–Crippen MR) is 95.2 cm³/mol. The smallest absolute Gasteiger partial charge is 0.150 e. The van der Waals surface area contributed by atoms with Gasteiger partial charge >= 0.3 is 0 Å². The average molecular weight is 363 g/mol. The average Bonchev–Trinajstić information content (AvgIpc) is 2.97. The summed E-state index contributed by atoms with van der Waals surface area (Å²) in [5, 5.41) is 3.53. The summed E-state index contributed by atoms with van der Waals surface area (Å²) in [5.41, 5.74) is 1.89. The van der Waals surface area contributed by atoms with E-state index in [4.69, 9.17) is 8.85 Å². The minimum atomic E-state index is -2.87. The third-order valence-electron chi connectivity index (χ3n) is 5.25. The van der Waals surface area contributed by atoms with Gasteiger partial charge in [-0.05, 0) is 61.8 Å². The molecule has 2 atom stereocenters. The molecule has 2 fully saturated rings. The quantitative estimate of drug-likeness (QED) is 0.898. The largest absolute Gasteiger partial charge is 0.496 e. The molecule has 0 radical (unpaired) electrons. The number of benzene rings is 1. The maximum Gasteiger partial charge on any atom is 0.150 e. The summed E-state index contributed by atoms with van der Waals surface area (Å²) >= 11 is 0. The van der Waals surface area contributed by atoms with Gasteiger partial charge in [0.1, 0.15) is 15.6 Å². The van der Waals surface area contributed by atoms with E-state index < -0.39 is 16.9 Å². The number of nitrogens with one attached hydrogen (secondary N) is 1. The molecule has 0 saturated carbocycles. The maximum absolute atomic E-state index is 11.7. The fraction of sp³-hybridized carbons (Fsp3) is 0.647. The highest BCUT2D eigenvalue weighted by atomic mass is 35.5. The van der Waals surface area contributed by atoms with Gasteiger partial charge in [-0.15, -0.1) is 12.4 Å². The van der Waals surface area contributed by atoms with E-state index in [2.05, 4.69) is 5.32 Å². The number of ether oxygens (including phenoxy) is 1. The standard InChI is InChI=1S/C17H25NO3S.ClH/c1-12-14(4-3-5-16(12)21-2)17-15(6-9-18-17)13-7-10-22(19,20)11-8-13;/h3-5,13,15,17-18H,6-11H2,1-2H3;1H/t15?,17-;/m1./s1/i2D3;. The van der Waals surface area contributed by atoms with E-state index in [-0.39, 0.29) is 30.0 Å². The first-order valence-corrected chi connectivity index (χ1v) is 9.71. The molecular formula is C17H26ClNO3S. The van der Waals surface area contributed by atoms with E-state index in [0.29, 0.717) is 17.6 Å². The Hall–Kier alpha value is -0.780. The van der Waals surface area contributed by atoms with Crippen LogP contribution < -0.4 is 10.1 Å².